The molecule has 1 aliphatic rings. The van der Waals surface area contributed by atoms with E-state index in [4.69, 9.17) is 0 Å². The number of rotatable bonds is 6. The number of anilines is 1. The van der Waals surface area contributed by atoms with E-state index in [9.17, 15) is 4.79 Å². The molecule has 0 radical (unpaired) electrons. The molecule has 1 aromatic heterocycles. The molecule has 0 aromatic carbocycles. The molecule has 5 heteroatoms. The monoisotopic (exact) mass is 311 g/mol. The van der Waals surface area contributed by atoms with Gasteiger partial charge in [0.1, 0.15) is 5.82 Å². The van der Waals surface area contributed by atoms with Crippen molar-refractivity contribution in [3.63, 3.8) is 0 Å². The van der Waals surface area contributed by atoms with Crippen LogP contribution in [0.15, 0.2) is 16.7 Å². The number of halogens is 1. The zero-order valence-corrected chi connectivity index (χ0v) is 12.1. The number of hydrogen-bond donors (Lipinski definition) is 2. The van der Waals surface area contributed by atoms with Gasteiger partial charge in [0.25, 0.3) is 5.91 Å². The summed E-state index contributed by atoms with van der Waals surface area (Å²) in [7, 11) is 1.76. The molecule has 0 spiro atoms. The fraction of sp³-hybridized carbons (Fsp3) is 0.538. The highest BCUT2D eigenvalue weighted by atomic mass is 79.9. The van der Waals surface area contributed by atoms with E-state index in [2.05, 4.69) is 31.5 Å². The van der Waals surface area contributed by atoms with E-state index in [1.54, 1.807) is 19.3 Å². The van der Waals surface area contributed by atoms with Crippen LogP contribution in [0.5, 0.6) is 0 Å². The molecule has 1 heterocycles. The number of carbonyl (C=O) groups excluding carboxylic acids is 1. The first-order chi connectivity index (χ1) is 8.70. The summed E-state index contributed by atoms with van der Waals surface area (Å²) >= 11 is 3.33. The van der Waals surface area contributed by atoms with Gasteiger partial charge >= 0.3 is 0 Å². The predicted octanol–water partition coefficient (Wildman–Crippen LogP) is 2.81. The SMILES string of the molecule is CNc1ncc(Br)cc1C(=O)NCCCC1CC1. The molecule has 0 atom stereocenters. The van der Waals surface area contributed by atoms with Crippen molar-refractivity contribution in [3.8, 4) is 0 Å². The maximum Gasteiger partial charge on any atom is 0.255 e. The van der Waals surface area contributed by atoms with Gasteiger partial charge in [-0.3, -0.25) is 4.79 Å². The van der Waals surface area contributed by atoms with Crippen LogP contribution in [-0.2, 0) is 0 Å². The number of nitrogens with zero attached hydrogens (tertiary/aromatic N) is 1. The van der Waals surface area contributed by atoms with Crippen molar-refractivity contribution in [1.82, 2.24) is 10.3 Å². The molecule has 0 bridgehead atoms. The van der Waals surface area contributed by atoms with Crippen LogP contribution in [0.3, 0.4) is 0 Å². The Bertz CT molecular complexity index is 432. The average molecular weight is 312 g/mol. The Balaban J connectivity index is 1.88. The smallest absolute Gasteiger partial charge is 0.255 e. The van der Waals surface area contributed by atoms with Gasteiger partial charge in [0.15, 0.2) is 0 Å². The number of carbonyl (C=O) groups is 1. The molecule has 2 rings (SSSR count). The van der Waals surface area contributed by atoms with Crippen LogP contribution in [0.2, 0.25) is 0 Å². The number of nitrogens with one attached hydrogen (secondary N) is 2. The van der Waals surface area contributed by atoms with Crippen LogP contribution in [0.4, 0.5) is 5.82 Å². The molecule has 1 fully saturated rings. The van der Waals surface area contributed by atoms with Crippen LogP contribution < -0.4 is 10.6 Å². The summed E-state index contributed by atoms with van der Waals surface area (Å²) in [6.45, 7) is 0.741. The van der Waals surface area contributed by atoms with E-state index < -0.39 is 0 Å². The van der Waals surface area contributed by atoms with Crippen LogP contribution in [0.1, 0.15) is 36.0 Å². The summed E-state index contributed by atoms with van der Waals surface area (Å²) in [6, 6.07) is 1.79. The molecule has 18 heavy (non-hydrogen) atoms. The van der Waals surface area contributed by atoms with Crippen LogP contribution in [-0.4, -0.2) is 24.5 Å². The number of pyridine rings is 1. The lowest BCUT2D eigenvalue weighted by atomic mass is 10.2. The van der Waals surface area contributed by atoms with Crippen LogP contribution >= 0.6 is 15.9 Å². The second-order valence-corrected chi connectivity index (χ2v) is 5.56. The van der Waals surface area contributed by atoms with Gasteiger partial charge in [-0.05, 0) is 40.8 Å². The molecular formula is C13H18BrN3O. The summed E-state index contributed by atoms with van der Waals surface area (Å²) in [4.78, 5) is 16.2. The van der Waals surface area contributed by atoms with Gasteiger partial charge < -0.3 is 10.6 Å². The third-order valence-electron chi connectivity index (χ3n) is 3.11. The molecular weight excluding hydrogens is 294 g/mol. The van der Waals surface area contributed by atoms with Crippen molar-refractivity contribution >= 4 is 27.7 Å². The first-order valence-electron chi connectivity index (χ1n) is 6.32. The first kappa shape index (κ1) is 13.3. The van der Waals surface area contributed by atoms with Gasteiger partial charge in [0.05, 0.1) is 5.56 Å². The molecule has 4 nitrogen and oxygen atoms in total. The van der Waals surface area contributed by atoms with Crippen molar-refractivity contribution in [3.05, 3.63) is 22.3 Å². The van der Waals surface area contributed by atoms with E-state index in [-0.39, 0.29) is 5.91 Å². The Morgan fingerprint density at radius 3 is 3.00 bits per heavy atom. The minimum atomic E-state index is -0.0658. The maximum atomic E-state index is 12.0. The van der Waals surface area contributed by atoms with Gasteiger partial charge in [-0.1, -0.05) is 12.8 Å². The largest absolute Gasteiger partial charge is 0.372 e. The zero-order chi connectivity index (χ0) is 13.0. The highest BCUT2D eigenvalue weighted by Gasteiger charge is 2.20. The molecule has 2 N–H and O–H groups in total. The number of hydrogen-bond acceptors (Lipinski definition) is 3. The fourth-order valence-corrected chi connectivity index (χ4v) is 2.24. The van der Waals surface area contributed by atoms with Crippen molar-refractivity contribution in [1.29, 1.82) is 0 Å². The zero-order valence-electron chi connectivity index (χ0n) is 10.5. The highest BCUT2D eigenvalue weighted by Crippen LogP contribution is 2.33. The lowest BCUT2D eigenvalue weighted by Crippen LogP contribution is -2.25. The second kappa shape index (κ2) is 6.18. The standard InChI is InChI=1S/C13H18BrN3O/c1-15-12-11(7-10(14)8-17-12)13(18)16-6-2-3-9-4-5-9/h7-9H,2-6H2,1H3,(H,15,17)(H,16,18). The summed E-state index contributed by atoms with van der Waals surface area (Å²) in [5.41, 5.74) is 0.582. The van der Waals surface area contributed by atoms with E-state index in [1.165, 1.54) is 19.3 Å². The van der Waals surface area contributed by atoms with Gasteiger partial charge in [0.2, 0.25) is 0 Å². The lowest BCUT2D eigenvalue weighted by Gasteiger charge is -2.09. The van der Waals surface area contributed by atoms with Crippen molar-refractivity contribution in [2.24, 2.45) is 5.92 Å². The molecule has 1 aromatic rings. The van der Waals surface area contributed by atoms with Crippen molar-refractivity contribution in [2.45, 2.75) is 25.7 Å². The Kier molecular flexibility index (Phi) is 4.58. The van der Waals surface area contributed by atoms with Crippen molar-refractivity contribution < 1.29 is 4.79 Å². The number of amides is 1. The van der Waals surface area contributed by atoms with Crippen LogP contribution in [0.25, 0.3) is 0 Å². The minimum Gasteiger partial charge on any atom is -0.372 e. The molecule has 0 unspecified atom stereocenters. The normalized spacial score (nSPS) is 14.3. The van der Waals surface area contributed by atoms with Crippen molar-refractivity contribution in [2.75, 3.05) is 18.9 Å². The Labute approximate surface area is 116 Å². The molecule has 1 amide bonds. The third kappa shape index (κ3) is 3.70. The second-order valence-electron chi connectivity index (χ2n) is 4.64. The molecule has 98 valence electrons. The average Bonchev–Trinajstić information content (AvgIpc) is 3.18. The van der Waals surface area contributed by atoms with E-state index in [0.717, 1.165) is 23.4 Å². The van der Waals surface area contributed by atoms with E-state index in [0.29, 0.717) is 11.4 Å². The summed E-state index contributed by atoms with van der Waals surface area (Å²) in [6.07, 6.45) is 6.71. The molecule has 1 aliphatic carbocycles. The van der Waals surface area contributed by atoms with E-state index >= 15 is 0 Å². The van der Waals surface area contributed by atoms with Gasteiger partial charge in [-0.25, -0.2) is 4.98 Å². The Morgan fingerprint density at radius 1 is 1.56 bits per heavy atom. The highest BCUT2D eigenvalue weighted by molar-refractivity contribution is 9.10. The molecule has 0 saturated heterocycles. The Morgan fingerprint density at radius 2 is 2.33 bits per heavy atom. The van der Waals surface area contributed by atoms with Gasteiger partial charge in [0, 0.05) is 24.3 Å². The third-order valence-corrected chi connectivity index (χ3v) is 3.54. The lowest BCUT2D eigenvalue weighted by molar-refractivity contribution is 0.0953. The Hall–Kier alpha value is -1.10. The molecule has 1 saturated carbocycles. The number of aromatic nitrogens is 1. The maximum absolute atomic E-state index is 12.0. The fourth-order valence-electron chi connectivity index (χ4n) is 1.91. The van der Waals surface area contributed by atoms with Crippen LogP contribution in [0, 0.1) is 5.92 Å². The first-order valence-corrected chi connectivity index (χ1v) is 7.11. The minimum absolute atomic E-state index is 0.0658. The van der Waals surface area contributed by atoms with Gasteiger partial charge in [-0.15, -0.1) is 0 Å². The quantitative estimate of drug-likeness (QED) is 0.794. The molecule has 0 aliphatic heterocycles. The topological polar surface area (TPSA) is 54.0 Å². The summed E-state index contributed by atoms with van der Waals surface area (Å²) in [5, 5.41) is 5.87. The van der Waals surface area contributed by atoms with Gasteiger partial charge in [-0.2, -0.15) is 0 Å². The summed E-state index contributed by atoms with van der Waals surface area (Å²) < 4.78 is 0.810. The predicted molar refractivity (Wildman–Crippen MR) is 75.8 cm³/mol. The summed E-state index contributed by atoms with van der Waals surface area (Å²) in [5.74, 6) is 1.46. The van der Waals surface area contributed by atoms with E-state index in [1.807, 2.05) is 0 Å².